The summed E-state index contributed by atoms with van der Waals surface area (Å²) in [6, 6.07) is 12.1. The second kappa shape index (κ2) is 8.32. The van der Waals surface area contributed by atoms with Crippen molar-refractivity contribution in [2.75, 3.05) is 25.0 Å². The summed E-state index contributed by atoms with van der Waals surface area (Å²) in [6.45, 7) is 5.80. The van der Waals surface area contributed by atoms with Gasteiger partial charge in [0.1, 0.15) is 0 Å². The van der Waals surface area contributed by atoms with Crippen molar-refractivity contribution < 1.29 is 4.79 Å². The maximum Gasteiger partial charge on any atom is 0.255 e. The lowest BCUT2D eigenvalue weighted by molar-refractivity contribution is 0.0793. The molecular formula is C19H25N3O. The number of hydrogen-bond donors (Lipinski definition) is 0. The molecule has 0 spiro atoms. The molecule has 1 aromatic heterocycles. The van der Waals surface area contributed by atoms with Crippen LogP contribution in [0.25, 0.3) is 0 Å². The summed E-state index contributed by atoms with van der Waals surface area (Å²) in [7, 11) is 1.85. The Kier molecular flexibility index (Phi) is 6.15. The van der Waals surface area contributed by atoms with E-state index in [1.807, 2.05) is 31.3 Å². The molecule has 2 aromatic rings. The average Bonchev–Trinajstić information content (AvgIpc) is 2.61. The standard InChI is InChI=1S/C19H25N3O/c1-4-6-12-21(3)19(23)16-13-18(15-20-14-16)22(5-2)17-10-8-7-9-11-17/h7-11,13-15H,4-6,12H2,1-3H3. The Labute approximate surface area is 138 Å². The van der Waals surface area contributed by atoms with Gasteiger partial charge in [-0.3, -0.25) is 9.78 Å². The van der Waals surface area contributed by atoms with Crippen molar-refractivity contribution in [1.82, 2.24) is 9.88 Å². The molecule has 0 fully saturated rings. The van der Waals surface area contributed by atoms with E-state index in [0.29, 0.717) is 5.56 Å². The minimum Gasteiger partial charge on any atom is -0.342 e. The number of para-hydroxylation sites is 1. The van der Waals surface area contributed by atoms with Crippen LogP contribution in [0, 0.1) is 0 Å². The number of unbranched alkanes of at least 4 members (excludes halogenated alkanes) is 1. The van der Waals surface area contributed by atoms with Gasteiger partial charge in [0.15, 0.2) is 0 Å². The zero-order valence-electron chi connectivity index (χ0n) is 14.2. The Bertz CT molecular complexity index is 628. The van der Waals surface area contributed by atoms with E-state index in [9.17, 15) is 4.79 Å². The Morgan fingerprint density at radius 1 is 1.09 bits per heavy atom. The first-order valence-corrected chi connectivity index (χ1v) is 8.20. The van der Waals surface area contributed by atoms with E-state index < -0.39 is 0 Å². The predicted octanol–water partition coefficient (Wildman–Crippen LogP) is 4.11. The second-order valence-electron chi connectivity index (χ2n) is 5.59. The van der Waals surface area contributed by atoms with E-state index in [-0.39, 0.29) is 5.91 Å². The van der Waals surface area contributed by atoms with Crippen LogP contribution in [0.2, 0.25) is 0 Å². The molecule has 1 amide bonds. The van der Waals surface area contributed by atoms with E-state index in [1.54, 1.807) is 17.3 Å². The Morgan fingerprint density at radius 2 is 1.83 bits per heavy atom. The van der Waals surface area contributed by atoms with Crippen LogP contribution < -0.4 is 4.90 Å². The van der Waals surface area contributed by atoms with Crippen molar-refractivity contribution in [3.63, 3.8) is 0 Å². The van der Waals surface area contributed by atoms with Crippen molar-refractivity contribution in [2.45, 2.75) is 26.7 Å². The molecule has 0 unspecified atom stereocenters. The van der Waals surface area contributed by atoms with Crippen LogP contribution >= 0.6 is 0 Å². The molecule has 0 radical (unpaired) electrons. The lowest BCUT2D eigenvalue weighted by atomic mass is 10.2. The number of carbonyl (C=O) groups excluding carboxylic acids is 1. The minimum absolute atomic E-state index is 0.0249. The van der Waals surface area contributed by atoms with Gasteiger partial charge in [0.25, 0.3) is 5.91 Å². The maximum atomic E-state index is 12.5. The molecule has 2 rings (SSSR count). The molecule has 23 heavy (non-hydrogen) atoms. The highest BCUT2D eigenvalue weighted by atomic mass is 16.2. The fourth-order valence-corrected chi connectivity index (χ4v) is 2.53. The van der Waals surface area contributed by atoms with Crippen LogP contribution in [0.15, 0.2) is 48.8 Å². The largest absolute Gasteiger partial charge is 0.342 e. The number of rotatable bonds is 7. The number of carbonyl (C=O) groups is 1. The molecule has 0 aliphatic rings. The third-order valence-electron chi connectivity index (χ3n) is 3.86. The fourth-order valence-electron chi connectivity index (χ4n) is 2.53. The summed E-state index contributed by atoms with van der Waals surface area (Å²) in [4.78, 5) is 20.7. The first-order valence-electron chi connectivity index (χ1n) is 8.20. The number of benzene rings is 1. The van der Waals surface area contributed by atoms with E-state index in [2.05, 4.69) is 35.9 Å². The van der Waals surface area contributed by atoms with E-state index in [1.165, 1.54) is 0 Å². The molecule has 122 valence electrons. The number of aromatic nitrogens is 1. The summed E-state index contributed by atoms with van der Waals surface area (Å²) in [5, 5.41) is 0. The molecule has 0 saturated heterocycles. The average molecular weight is 311 g/mol. The van der Waals surface area contributed by atoms with Gasteiger partial charge in [-0.15, -0.1) is 0 Å². The minimum atomic E-state index is 0.0249. The Hall–Kier alpha value is -2.36. The molecular weight excluding hydrogens is 286 g/mol. The number of pyridine rings is 1. The fraction of sp³-hybridized carbons (Fsp3) is 0.368. The highest BCUT2D eigenvalue weighted by molar-refractivity contribution is 5.94. The van der Waals surface area contributed by atoms with Crippen LogP contribution in [-0.4, -0.2) is 35.9 Å². The SMILES string of the molecule is CCCCN(C)C(=O)c1cncc(N(CC)c2ccccc2)c1. The Balaban J connectivity index is 2.23. The van der Waals surface area contributed by atoms with Crippen LogP contribution in [0.3, 0.4) is 0 Å². The van der Waals surface area contributed by atoms with E-state index in [0.717, 1.165) is 37.3 Å². The molecule has 0 aliphatic heterocycles. The number of nitrogens with zero attached hydrogens (tertiary/aromatic N) is 3. The van der Waals surface area contributed by atoms with Gasteiger partial charge in [-0.1, -0.05) is 31.5 Å². The van der Waals surface area contributed by atoms with Gasteiger partial charge in [0, 0.05) is 32.0 Å². The van der Waals surface area contributed by atoms with Crippen molar-refractivity contribution in [1.29, 1.82) is 0 Å². The summed E-state index contributed by atoms with van der Waals surface area (Å²) < 4.78 is 0. The molecule has 4 nitrogen and oxygen atoms in total. The lowest BCUT2D eigenvalue weighted by Gasteiger charge is -2.24. The number of hydrogen-bond acceptors (Lipinski definition) is 3. The van der Waals surface area contributed by atoms with Crippen LogP contribution in [0.5, 0.6) is 0 Å². The number of amides is 1. The van der Waals surface area contributed by atoms with Gasteiger partial charge >= 0.3 is 0 Å². The van der Waals surface area contributed by atoms with Crippen LogP contribution in [-0.2, 0) is 0 Å². The topological polar surface area (TPSA) is 36.4 Å². The first-order chi connectivity index (χ1) is 11.2. The van der Waals surface area contributed by atoms with E-state index >= 15 is 0 Å². The molecule has 0 bridgehead atoms. The summed E-state index contributed by atoms with van der Waals surface area (Å²) in [5.41, 5.74) is 2.67. The Morgan fingerprint density at radius 3 is 2.48 bits per heavy atom. The van der Waals surface area contributed by atoms with Crippen molar-refractivity contribution in [3.05, 3.63) is 54.4 Å². The smallest absolute Gasteiger partial charge is 0.255 e. The summed E-state index contributed by atoms with van der Waals surface area (Å²) in [5.74, 6) is 0.0249. The zero-order valence-corrected chi connectivity index (χ0v) is 14.2. The molecule has 0 saturated carbocycles. The zero-order chi connectivity index (χ0) is 16.7. The van der Waals surface area contributed by atoms with Gasteiger partial charge in [-0.25, -0.2) is 0 Å². The monoisotopic (exact) mass is 311 g/mol. The second-order valence-corrected chi connectivity index (χ2v) is 5.59. The normalized spacial score (nSPS) is 10.4. The van der Waals surface area contributed by atoms with Gasteiger partial charge in [-0.05, 0) is 31.5 Å². The van der Waals surface area contributed by atoms with Gasteiger partial charge < -0.3 is 9.80 Å². The quantitative estimate of drug-likeness (QED) is 0.772. The summed E-state index contributed by atoms with van der Waals surface area (Å²) >= 11 is 0. The highest BCUT2D eigenvalue weighted by Gasteiger charge is 2.14. The molecule has 1 heterocycles. The maximum absolute atomic E-state index is 12.5. The molecule has 0 aliphatic carbocycles. The van der Waals surface area contributed by atoms with Crippen molar-refractivity contribution >= 4 is 17.3 Å². The van der Waals surface area contributed by atoms with Crippen molar-refractivity contribution in [2.24, 2.45) is 0 Å². The molecule has 0 atom stereocenters. The molecule has 4 heteroatoms. The van der Waals surface area contributed by atoms with Crippen LogP contribution in [0.1, 0.15) is 37.0 Å². The lowest BCUT2D eigenvalue weighted by Crippen LogP contribution is -2.28. The number of anilines is 2. The predicted molar refractivity (Wildman–Crippen MR) is 95.2 cm³/mol. The van der Waals surface area contributed by atoms with Gasteiger partial charge in [-0.2, -0.15) is 0 Å². The first kappa shape index (κ1) is 17.0. The molecule has 1 aromatic carbocycles. The summed E-state index contributed by atoms with van der Waals surface area (Å²) in [6.07, 6.45) is 5.54. The van der Waals surface area contributed by atoms with Crippen LogP contribution in [0.4, 0.5) is 11.4 Å². The van der Waals surface area contributed by atoms with Gasteiger partial charge in [0.05, 0.1) is 17.4 Å². The van der Waals surface area contributed by atoms with E-state index in [4.69, 9.17) is 0 Å². The molecule has 0 N–H and O–H groups in total. The highest BCUT2D eigenvalue weighted by Crippen LogP contribution is 2.25. The third kappa shape index (κ3) is 4.31. The third-order valence-corrected chi connectivity index (χ3v) is 3.86. The van der Waals surface area contributed by atoms with Gasteiger partial charge in [0.2, 0.25) is 0 Å². The van der Waals surface area contributed by atoms with Crippen molar-refractivity contribution in [3.8, 4) is 0 Å².